The van der Waals surface area contributed by atoms with Gasteiger partial charge in [-0.25, -0.2) is 0 Å². The quantitative estimate of drug-likeness (QED) is 0.745. The predicted molar refractivity (Wildman–Crippen MR) is 88.9 cm³/mol. The minimum atomic E-state index is -0.929. The number of nitrogens with zero attached hydrogens (tertiary/aromatic N) is 3. The average Bonchev–Trinajstić information content (AvgIpc) is 3.12. The Balaban J connectivity index is 1.53. The van der Waals surface area contributed by atoms with Crippen LogP contribution in [0.25, 0.3) is 0 Å². The molecule has 3 fully saturated rings. The summed E-state index contributed by atoms with van der Waals surface area (Å²) >= 11 is 0. The van der Waals surface area contributed by atoms with E-state index < -0.39 is 11.5 Å². The van der Waals surface area contributed by atoms with Gasteiger partial charge < -0.3 is 19.6 Å². The van der Waals surface area contributed by atoms with Crippen LogP contribution in [0.15, 0.2) is 0 Å². The Labute approximate surface area is 147 Å². The first kappa shape index (κ1) is 18.1. The number of aliphatic carboxylic acids is 1. The van der Waals surface area contributed by atoms with Crippen LogP contribution in [0.2, 0.25) is 0 Å². The standard InChI is InChI=1S/C17H27N3O5/c1-13(21)18-5-2-14(3-6-18)15(22)19-7-9-20(10-8-19)17(16(23)24)4-11-25-12-17/h14H,2-12H2,1H3,(H,23,24). The Morgan fingerprint density at radius 3 is 2.12 bits per heavy atom. The number of carboxylic acids is 1. The molecule has 25 heavy (non-hydrogen) atoms. The lowest BCUT2D eigenvalue weighted by Crippen LogP contribution is -2.62. The molecule has 0 aliphatic carbocycles. The van der Waals surface area contributed by atoms with Crippen LogP contribution in [0, 0.1) is 5.92 Å². The second kappa shape index (κ2) is 7.29. The zero-order valence-electron chi connectivity index (χ0n) is 14.8. The van der Waals surface area contributed by atoms with E-state index in [0.717, 1.165) is 0 Å². The van der Waals surface area contributed by atoms with Gasteiger partial charge in [0.25, 0.3) is 0 Å². The number of piperidine rings is 1. The van der Waals surface area contributed by atoms with E-state index in [9.17, 15) is 19.5 Å². The Morgan fingerprint density at radius 2 is 1.64 bits per heavy atom. The van der Waals surface area contributed by atoms with Crippen molar-refractivity contribution in [2.75, 3.05) is 52.5 Å². The average molecular weight is 353 g/mol. The molecule has 1 atom stereocenters. The Bertz CT molecular complexity index is 530. The summed E-state index contributed by atoms with van der Waals surface area (Å²) < 4.78 is 5.34. The first-order chi connectivity index (χ1) is 11.9. The van der Waals surface area contributed by atoms with Crippen LogP contribution >= 0.6 is 0 Å². The molecule has 8 heteroatoms. The molecular formula is C17H27N3O5. The summed E-state index contributed by atoms with van der Waals surface area (Å²) in [6, 6.07) is 0. The highest BCUT2D eigenvalue weighted by atomic mass is 16.5. The van der Waals surface area contributed by atoms with Crippen molar-refractivity contribution in [2.45, 2.75) is 31.7 Å². The maximum absolute atomic E-state index is 12.7. The van der Waals surface area contributed by atoms with Gasteiger partial charge >= 0.3 is 5.97 Å². The zero-order valence-corrected chi connectivity index (χ0v) is 14.8. The highest BCUT2D eigenvalue weighted by molar-refractivity contribution is 5.81. The summed E-state index contributed by atoms with van der Waals surface area (Å²) in [5.41, 5.74) is -0.929. The van der Waals surface area contributed by atoms with Crippen LogP contribution in [0.3, 0.4) is 0 Å². The summed E-state index contributed by atoms with van der Waals surface area (Å²) in [7, 11) is 0. The molecule has 3 rings (SSSR count). The number of amides is 2. The lowest BCUT2D eigenvalue weighted by molar-refractivity contribution is -0.154. The van der Waals surface area contributed by atoms with Gasteiger partial charge in [0.1, 0.15) is 5.54 Å². The molecule has 3 saturated heterocycles. The van der Waals surface area contributed by atoms with E-state index in [2.05, 4.69) is 0 Å². The molecule has 0 bridgehead atoms. The Kier molecular flexibility index (Phi) is 5.29. The van der Waals surface area contributed by atoms with E-state index in [1.54, 1.807) is 11.8 Å². The van der Waals surface area contributed by atoms with Crippen LogP contribution in [-0.2, 0) is 19.1 Å². The molecule has 1 N–H and O–H groups in total. The van der Waals surface area contributed by atoms with Gasteiger partial charge in [0.2, 0.25) is 11.8 Å². The zero-order chi connectivity index (χ0) is 18.0. The smallest absolute Gasteiger partial charge is 0.326 e. The van der Waals surface area contributed by atoms with E-state index in [0.29, 0.717) is 65.1 Å². The molecule has 3 aliphatic rings. The van der Waals surface area contributed by atoms with Gasteiger partial charge in [-0.15, -0.1) is 0 Å². The van der Waals surface area contributed by atoms with Crippen molar-refractivity contribution in [3.05, 3.63) is 0 Å². The molecule has 2 amide bonds. The monoisotopic (exact) mass is 353 g/mol. The molecule has 8 nitrogen and oxygen atoms in total. The molecule has 0 aromatic carbocycles. The number of rotatable bonds is 3. The number of carbonyl (C=O) groups is 3. The van der Waals surface area contributed by atoms with Gasteiger partial charge in [-0.2, -0.15) is 0 Å². The first-order valence-corrected chi connectivity index (χ1v) is 9.04. The van der Waals surface area contributed by atoms with E-state index in [1.807, 2.05) is 9.80 Å². The van der Waals surface area contributed by atoms with Crippen LogP contribution in [0.1, 0.15) is 26.2 Å². The Hall–Kier alpha value is -1.67. The predicted octanol–water partition coefficient (Wildman–Crippen LogP) is -0.367. The number of ether oxygens (including phenoxy) is 1. The molecule has 0 radical (unpaired) electrons. The van der Waals surface area contributed by atoms with E-state index in [-0.39, 0.29) is 24.3 Å². The van der Waals surface area contributed by atoms with Crippen molar-refractivity contribution in [1.82, 2.24) is 14.7 Å². The number of carbonyl (C=O) groups excluding carboxylic acids is 2. The fourth-order valence-corrected chi connectivity index (χ4v) is 4.16. The van der Waals surface area contributed by atoms with Crippen molar-refractivity contribution in [3.63, 3.8) is 0 Å². The van der Waals surface area contributed by atoms with Crippen molar-refractivity contribution in [1.29, 1.82) is 0 Å². The number of carboxylic acid groups (broad SMARTS) is 1. The summed E-state index contributed by atoms with van der Waals surface area (Å²) in [6.07, 6.45) is 1.93. The summed E-state index contributed by atoms with van der Waals surface area (Å²) in [5.74, 6) is -0.640. The second-order valence-electron chi connectivity index (χ2n) is 7.23. The minimum absolute atomic E-state index is 0.0228. The van der Waals surface area contributed by atoms with Gasteiger partial charge in [0.15, 0.2) is 0 Å². The van der Waals surface area contributed by atoms with Crippen LogP contribution < -0.4 is 0 Å². The molecule has 1 unspecified atom stereocenters. The number of likely N-dealkylation sites (tertiary alicyclic amines) is 1. The SMILES string of the molecule is CC(=O)N1CCC(C(=O)N2CCN(C3(C(=O)O)CCOC3)CC2)CC1. The molecule has 3 heterocycles. The van der Waals surface area contributed by atoms with Crippen molar-refractivity contribution in [3.8, 4) is 0 Å². The number of hydrogen-bond acceptors (Lipinski definition) is 5. The van der Waals surface area contributed by atoms with Crippen LogP contribution in [0.5, 0.6) is 0 Å². The highest BCUT2D eigenvalue weighted by Crippen LogP contribution is 2.28. The van der Waals surface area contributed by atoms with Gasteiger partial charge in [-0.1, -0.05) is 0 Å². The van der Waals surface area contributed by atoms with Crippen LogP contribution in [-0.4, -0.2) is 95.6 Å². The van der Waals surface area contributed by atoms with Gasteiger partial charge in [0, 0.05) is 65.1 Å². The molecule has 140 valence electrons. The third-order valence-electron chi connectivity index (χ3n) is 5.89. The lowest BCUT2D eigenvalue weighted by atomic mass is 9.93. The molecule has 0 spiro atoms. The van der Waals surface area contributed by atoms with Crippen molar-refractivity contribution >= 4 is 17.8 Å². The molecule has 0 aromatic rings. The number of piperazine rings is 1. The molecule has 0 saturated carbocycles. The fourth-order valence-electron chi connectivity index (χ4n) is 4.16. The molecule has 3 aliphatic heterocycles. The van der Waals surface area contributed by atoms with E-state index in [1.165, 1.54) is 0 Å². The topological polar surface area (TPSA) is 90.4 Å². The third kappa shape index (κ3) is 3.50. The number of hydrogen-bond donors (Lipinski definition) is 1. The highest BCUT2D eigenvalue weighted by Gasteiger charge is 2.48. The summed E-state index contributed by atoms with van der Waals surface area (Å²) in [6.45, 7) is 5.78. The fraction of sp³-hybridized carbons (Fsp3) is 0.824. The molecular weight excluding hydrogens is 326 g/mol. The van der Waals surface area contributed by atoms with E-state index in [4.69, 9.17) is 4.74 Å². The Morgan fingerprint density at radius 1 is 1.00 bits per heavy atom. The third-order valence-corrected chi connectivity index (χ3v) is 5.89. The maximum Gasteiger partial charge on any atom is 0.326 e. The lowest BCUT2D eigenvalue weighted by Gasteiger charge is -2.43. The van der Waals surface area contributed by atoms with E-state index >= 15 is 0 Å². The summed E-state index contributed by atoms with van der Waals surface area (Å²) in [4.78, 5) is 41.5. The molecule has 0 aromatic heterocycles. The van der Waals surface area contributed by atoms with Crippen molar-refractivity contribution < 1.29 is 24.2 Å². The van der Waals surface area contributed by atoms with Gasteiger partial charge in [-0.3, -0.25) is 19.3 Å². The minimum Gasteiger partial charge on any atom is -0.480 e. The first-order valence-electron chi connectivity index (χ1n) is 9.04. The largest absolute Gasteiger partial charge is 0.480 e. The maximum atomic E-state index is 12.7. The normalized spacial score (nSPS) is 29.0. The second-order valence-corrected chi connectivity index (χ2v) is 7.23. The van der Waals surface area contributed by atoms with Crippen LogP contribution in [0.4, 0.5) is 0 Å². The van der Waals surface area contributed by atoms with Gasteiger partial charge in [-0.05, 0) is 12.8 Å². The van der Waals surface area contributed by atoms with Crippen molar-refractivity contribution in [2.24, 2.45) is 5.92 Å². The summed E-state index contributed by atoms with van der Waals surface area (Å²) in [5, 5.41) is 9.63. The van der Waals surface area contributed by atoms with Gasteiger partial charge in [0.05, 0.1) is 6.61 Å².